The number of hydrogen-bond acceptors (Lipinski definition) is 5. The highest BCUT2D eigenvalue weighted by Crippen LogP contribution is 2.23. The van der Waals surface area contributed by atoms with Crippen LogP contribution in [-0.2, 0) is 11.3 Å². The van der Waals surface area contributed by atoms with Crippen LogP contribution in [0.25, 0.3) is 11.4 Å². The number of amides is 1. The highest BCUT2D eigenvalue weighted by atomic mass is 35.5. The van der Waals surface area contributed by atoms with Crippen molar-refractivity contribution in [3.63, 3.8) is 0 Å². The topological polar surface area (TPSA) is 68.5 Å². The van der Waals surface area contributed by atoms with Gasteiger partial charge in [-0.15, -0.1) is 0 Å². The van der Waals surface area contributed by atoms with Crippen molar-refractivity contribution in [2.45, 2.75) is 32.9 Å². The molecule has 0 aliphatic rings. The average molecular weight is 400 g/mol. The minimum atomic E-state index is -0.609. The van der Waals surface area contributed by atoms with Gasteiger partial charge in [-0.3, -0.25) is 4.79 Å². The molecule has 0 saturated carbocycles. The molecule has 0 aliphatic heterocycles. The van der Waals surface area contributed by atoms with Crippen molar-refractivity contribution in [1.29, 1.82) is 0 Å². The second-order valence-corrected chi connectivity index (χ2v) is 6.90. The lowest BCUT2D eigenvalue weighted by atomic mass is 10.2. The first-order chi connectivity index (χ1) is 13.5. The molecule has 146 valence electrons. The van der Waals surface area contributed by atoms with Crippen LogP contribution in [0, 0.1) is 6.92 Å². The van der Waals surface area contributed by atoms with Gasteiger partial charge in [-0.1, -0.05) is 54.0 Å². The summed E-state index contributed by atoms with van der Waals surface area (Å²) in [6.07, 6.45) is -0.0775. The maximum atomic E-state index is 12.8. The molecule has 0 bridgehead atoms. The first kappa shape index (κ1) is 19.9. The van der Waals surface area contributed by atoms with Crippen LogP contribution in [0.2, 0.25) is 5.02 Å². The van der Waals surface area contributed by atoms with E-state index in [9.17, 15) is 4.79 Å². The summed E-state index contributed by atoms with van der Waals surface area (Å²) in [4.78, 5) is 18.7. The maximum absolute atomic E-state index is 12.8. The van der Waals surface area contributed by atoms with Gasteiger partial charge >= 0.3 is 0 Å². The number of rotatable bonds is 7. The van der Waals surface area contributed by atoms with Crippen LogP contribution in [0.1, 0.15) is 24.8 Å². The number of aryl methyl sites for hydroxylation is 1. The number of nitrogens with zero attached hydrogens (tertiary/aromatic N) is 3. The Morgan fingerprint density at radius 3 is 2.68 bits per heavy atom. The Hall–Kier alpha value is -2.86. The molecule has 2 aromatic carbocycles. The maximum Gasteiger partial charge on any atom is 0.263 e. The smallest absolute Gasteiger partial charge is 0.263 e. The molecule has 3 aromatic rings. The molecule has 0 N–H and O–H groups in total. The summed E-state index contributed by atoms with van der Waals surface area (Å²) in [5.41, 5.74) is 1.76. The van der Waals surface area contributed by atoms with Gasteiger partial charge in [-0.25, -0.2) is 0 Å². The summed E-state index contributed by atoms with van der Waals surface area (Å²) in [7, 11) is 1.69. The number of likely N-dealkylation sites (N-methyl/N-ethyl adjacent to an activating group) is 1. The van der Waals surface area contributed by atoms with Gasteiger partial charge < -0.3 is 14.2 Å². The predicted molar refractivity (Wildman–Crippen MR) is 107 cm³/mol. The molecule has 0 radical (unpaired) electrons. The van der Waals surface area contributed by atoms with Crippen LogP contribution in [0.4, 0.5) is 0 Å². The molecule has 0 saturated heterocycles. The van der Waals surface area contributed by atoms with E-state index in [0.29, 0.717) is 28.9 Å². The average Bonchev–Trinajstić information content (AvgIpc) is 3.17. The fraction of sp³-hybridized carbons (Fsp3) is 0.286. The van der Waals surface area contributed by atoms with Crippen LogP contribution in [0.5, 0.6) is 5.75 Å². The third-order valence-electron chi connectivity index (χ3n) is 4.30. The lowest BCUT2D eigenvalue weighted by molar-refractivity contribution is -0.138. The van der Waals surface area contributed by atoms with Crippen LogP contribution in [0.3, 0.4) is 0 Å². The molecule has 0 aliphatic carbocycles. The zero-order chi connectivity index (χ0) is 20.1. The van der Waals surface area contributed by atoms with Gasteiger partial charge in [0.15, 0.2) is 6.10 Å². The Morgan fingerprint density at radius 2 is 2.00 bits per heavy atom. The highest BCUT2D eigenvalue weighted by molar-refractivity contribution is 6.31. The fourth-order valence-electron chi connectivity index (χ4n) is 2.71. The lowest BCUT2D eigenvalue weighted by Gasteiger charge is -2.23. The molecular weight excluding hydrogens is 378 g/mol. The first-order valence-electron chi connectivity index (χ1n) is 9.03. The minimum absolute atomic E-state index is 0.158. The molecule has 1 amide bonds. The Labute approximate surface area is 169 Å². The van der Waals surface area contributed by atoms with Crippen LogP contribution in [-0.4, -0.2) is 34.1 Å². The normalized spacial score (nSPS) is 11.9. The zero-order valence-electron chi connectivity index (χ0n) is 16.1. The SMILES string of the molecule is CCC(Oc1ccc(Cl)c(C)c1)C(=O)N(C)Cc1nc(-c2ccccc2)no1. The van der Waals surface area contributed by atoms with Gasteiger partial charge in [-0.05, 0) is 37.1 Å². The number of carbonyl (C=O) groups is 1. The van der Waals surface area contributed by atoms with E-state index in [2.05, 4.69) is 10.1 Å². The van der Waals surface area contributed by atoms with Crippen molar-refractivity contribution in [3.05, 3.63) is 65.0 Å². The number of aromatic nitrogens is 2. The monoisotopic (exact) mass is 399 g/mol. The molecular formula is C21H22ClN3O3. The Kier molecular flexibility index (Phi) is 6.31. The van der Waals surface area contributed by atoms with Crippen molar-refractivity contribution in [1.82, 2.24) is 15.0 Å². The van der Waals surface area contributed by atoms with E-state index in [4.69, 9.17) is 20.9 Å². The van der Waals surface area contributed by atoms with Gasteiger partial charge in [0.05, 0.1) is 6.54 Å². The number of ether oxygens (including phenoxy) is 1. The van der Waals surface area contributed by atoms with Gasteiger partial charge in [0.2, 0.25) is 11.7 Å². The molecule has 1 atom stereocenters. The second-order valence-electron chi connectivity index (χ2n) is 6.50. The predicted octanol–water partition coefficient (Wildman–Crippen LogP) is 4.51. The molecule has 3 rings (SSSR count). The van der Waals surface area contributed by atoms with Crippen LogP contribution >= 0.6 is 11.6 Å². The number of hydrogen-bond donors (Lipinski definition) is 0. The second kappa shape index (κ2) is 8.89. The van der Waals surface area contributed by atoms with Gasteiger partial charge in [0.25, 0.3) is 5.91 Å². The minimum Gasteiger partial charge on any atom is -0.481 e. The molecule has 0 spiro atoms. The fourth-order valence-corrected chi connectivity index (χ4v) is 2.83. The lowest BCUT2D eigenvalue weighted by Crippen LogP contribution is -2.39. The van der Waals surface area contributed by atoms with Crippen molar-refractivity contribution in [2.24, 2.45) is 0 Å². The van der Waals surface area contributed by atoms with Crippen molar-refractivity contribution >= 4 is 17.5 Å². The van der Waals surface area contributed by atoms with Gasteiger partial charge in [-0.2, -0.15) is 4.98 Å². The Balaban J connectivity index is 1.65. The van der Waals surface area contributed by atoms with Crippen LogP contribution in [0.15, 0.2) is 53.1 Å². The third kappa shape index (κ3) is 4.70. The van der Waals surface area contributed by atoms with Crippen LogP contribution < -0.4 is 4.74 Å². The van der Waals surface area contributed by atoms with E-state index in [0.717, 1.165) is 11.1 Å². The molecule has 1 unspecified atom stereocenters. The molecule has 0 fully saturated rings. The largest absolute Gasteiger partial charge is 0.481 e. The standard InChI is InChI=1S/C21H22ClN3O3/c1-4-18(27-16-10-11-17(22)14(2)12-16)21(26)25(3)13-19-23-20(24-28-19)15-8-6-5-7-9-15/h5-12,18H,4,13H2,1-3H3. The Bertz CT molecular complexity index is 943. The summed E-state index contributed by atoms with van der Waals surface area (Å²) < 4.78 is 11.2. The first-order valence-corrected chi connectivity index (χ1v) is 9.41. The quantitative estimate of drug-likeness (QED) is 0.584. The summed E-state index contributed by atoms with van der Waals surface area (Å²) in [5, 5.41) is 4.64. The molecule has 1 heterocycles. The van der Waals surface area contributed by atoms with E-state index in [1.54, 1.807) is 19.2 Å². The molecule has 7 heteroatoms. The van der Waals surface area contributed by atoms with Crippen molar-refractivity contribution < 1.29 is 14.1 Å². The van der Waals surface area contributed by atoms with E-state index in [-0.39, 0.29) is 12.5 Å². The summed E-state index contributed by atoms with van der Waals surface area (Å²) in [5.74, 6) is 1.32. The highest BCUT2D eigenvalue weighted by Gasteiger charge is 2.24. The zero-order valence-corrected chi connectivity index (χ0v) is 16.8. The Morgan fingerprint density at radius 1 is 1.25 bits per heavy atom. The van der Waals surface area contributed by atoms with Gasteiger partial charge in [0, 0.05) is 17.6 Å². The number of benzene rings is 2. The number of carbonyl (C=O) groups excluding carboxylic acids is 1. The molecule has 28 heavy (non-hydrogen) atoms. The molecule has 1 aromatic heterocycles. The summed E-state index contributed by atoms with van der Waals surface area (Å²) in [6, 6.07) is 14.9. The van der Waals surface area contributed by atoms with E-state index in [1.165, 1.54) is 4.90 Å². The van der Waals surface area contributed by atoms with Crippen molar-refractivity contribution in [2.75, 3.05) is 7.05 Å². The summed E-state index contributed by atoms with van der Waals surface area (Å²) >= 11 is 6.05. The molecule has 6 nitrogen and oxygen atoms in total. The van der Waals surface area contributed by atoms with Crippen molar-refractivity contribution in [3.8, 4) is 17.1 Å². The van der Waals surface area contributed by atoms with E-state index in [1.807, 2.05) is 50.2 Å². The number of halogens is 1. The third-order valence-corrected chi connectivity index (χ3v) is 4.73. The van der Waals surface area contributed by atoms with E-state index < -0.39 is 6.10 Å². The van der Waals surface area contributed by atoms with E-state index >= 15 is 0 Å². The van der Waals surface area contributed by atoms with Gasteiger partial charge in [0.1, 0.15) is 5.75 Å². The summed E-state index contributed by atoms with van der Waals surface area (Å²) in [6.45, 7) is 4.00.